The number of nitrogens with two attached hydrogens (primary N) is 2. The number of anilines is 2. The Bertz CT molecular complexity index is 278. The molecule has 0 aliphatic rings. The van der Waals surface area contributed by atoms with E-state index in [1.54, 1.807) is 0 Å². The number of hydrogen-bond donors (Lipinski definition) is 2. The molecule has 0 fully saturated rings. The first-order valence-electron chi connectivity index (χ1n) is 3.13. The smallest absolute Gasteiger partial charge is 0.399 e. The summed E-state index contributed by atoms with van der Waals surface area (Å²) >= 11 is 0. The van der Waals surface area contributed by atoms with Gasteiger partial charge in [0, 0.05) is 32.4 Å². The Morgan fingerprint density at radius 1 is 0.923 bits per heavy atom. The second-order valence-corrected chi connectivity index (χ2v) is 2.39. The Hall–Kier alpha value is -0.702. The first-order chi connectivity index (χ1) is 5.39. The van der Waals surface area contributed by atoms with Gasteiger partial charge < -0.3 is 11.5 Å². The summed E-state index contributed by atoms with van der Waals surface area (Å²) in [6, 6.07) is 2.96. The van der Waals surface area contributed by atoms with E-state index in [1.807, 2.05) is 0 Å². The van der Waals surface area contributed by atoms with Gasteiger partial charge in [-0.25, -0.2) is 0 Å². The molecule has 2 nitrogen and oxygen atoms in total. The van der Waals surface area contributed by atoms with Crippen molar-refractivity contribution in [3.05, 3.63) is 23.8 Å². The summed E-state index contributed by atoms with van der Waals surface area (Å²) < 4.78 is 36.1. The van der Waals surface area contributed by atoms with Gasteiger partial charge >= 0.3 is 6.18 Å². The minimum atomic E-state index is -4.39. The maximum absolute atomic E-state index is 12.0. The molecular formula is C7H7F3N2Pt. The second kappa shape index (κ2) is 4.00. The van der Waals surface area contributed by atoms with E-state index >= 15 is 0 Å². The molecule has 0 radical (unpaired) electrons. The SMILES string of the molecule is Nc1cc(N)cc(C(F)(F)F)c1.[Pt]. The van der Waals surface area contributed by atoms with Crippen molar-refractivity contribution >= 4 is 11.4 Å². The summed E-state index contributed by atoms with van der Waals surface area (Å²) in [7, 11) is 0. The fourth-order valence-electron chi connectivity index (χ4n) is 0.840. The predicted octanol–water partition coefficient (Wildman–Crippen LogP) is 1.87. The predicted molar refractivity (Wildman–Crippen MR) is 40.3 cm³/mol. The number of rotatable bonds is 0. The van der Waals surface area contributed by atoms with E-state index in [9.17, 15) is 13.2 Å². The first-order valence-corrected chi connectivity index (χ1v) is 3.13. The van der Waals surface area contributed by atoms with E-state index in [1.165, 1.54) is 6.07 Å². The van der Waals surface area contributed by atoms with Crippen LogP contribution in [0.4, 0.5) is 24.5 Å². The molecule has 1 rings (SSSR count). The van der Waals surface area contributed by atoms with Crippen LogP contribution in [0.15, 0.2) is 18.2 Å². The van der Waals surface area contributed by atoms with E-state index in [0.29, 0.717) is 0 Å². The van der Waals surface area contributed by atoms with Gasteiger partial charge in [-0.2, -0.15) is 13.2 Å². The Balaban J connectivity index is 0.00000144. The molecule has 0 atom stereocenters. The van der Waals surface area contributed by atoms with Gasteiger partial charge in [-0.3, -0.25) is 0 Å². The summed E-state index contributed by atoms with van der Waals surface area (Å²) in [5.41, 5.74) is 9.56. The zero-order valence-corrected chi connectivity index (χ0v) is 8.61. The van der Waals surface area contributed by atoms with Gasteiger partial charge in [0.15, 0.2) is 0 Å². The first kappa shape index (κ1) is 12.3. The van der Waals surface area contributed by atoms with Crippen LogP contribution < -0.4 is 11.5 Å². The van der Waals surface area contributed by atoms with Crippen LogP contribution in [-0.2, 0) is 27.2 Å². The fraction of sp³-hybridized carbons (Fsp3) is 0.143. The number of hydrogen-bond acceptors (Lipinski definition) is 2. The van der Waals surface area contributed by atoms with Crippen LogP contribution in [0.5, 0.6) is 0 Å². The van der Waals surface area contributed by atoms with Gasteiger partial charge in [-0.05, 0) is 18.2 Å². The van der Waals surface area contributed by atoms with E-state index in [0.717, 1.165) is 12.1 Å². The fourth-order valence-corrected chi connectivity index (χ4v) is 0.840. The number of benzene rings is 1. The Kier molecular flexibility index (Phi) is 3.79. The van der Waals surface area contributed by atoms with Crippen molar-refractivity contribution in [1.82, 2.24) is 0 Å². The molecule has 1 aromatic rings. The number of halogens is 3. The Morgan fingerprint density at radius 2 is 1.31 bits per heavy atom. The number of nitrogen functional groups attached to an aromatic ring is 2. The second-order valence-electron chi connectivity index (χ2n) is 2.39. The van der Waals surface area contributed by atoms with Gasteiger partial charge in [-0.15, -0.1) is 0 Å². The van der Waals surface area contributed by atoms with Crippen molar-refractivity contribution in [3.8, 4) is 0 Å². The van der Waals surface area contributed by atoms with Crippen LogP contribution in [0.1, 0.15) is 5.56 Å². The van der Waals surface area contributed by atoms with Gasteiger partial charge in [-0.1, -0.05) is 0 Å². The molecule has 4 N–H and O–H groups in total. The van der Waals surface area contributed by atoms with Crippen molar-refractivity contribution in [2.45, 2.75) is 6.18 Å². The molecule has 0 saturated heterocycles. The molecule has 0 aliphatic heterocycles. The molecule has 0 aromatic heterocycles. The molecule has 0 bridgehead atoms. The van der Waals surface area contributed by atoms with Crippen LogP contribution in [0.25, 0.3) is 0 Å². The molecule has 0 aliphatic carbocycles. The van der Waals surface area contributed by atoms with Crippen LogP contribution in [0.3, 0.4) is 0 Å². The third-order valence-corrected chi connectivity index (χ3v) is 1.30. The quantitative estimate of drug-likeness (QED) is 0.685. The zero-order chi connectivity index (χ0) is 9.35. The molecule has 0 amide bonds. The molecular weight excluding hydrogens is 364 g/mol. The summed E-state index contributed by atoms with van der Waals surface area (Å²) in [5, 5.41) is 0. The molecule has 13 heavy (non-hydrogen) atoms. The van der Waals surface area contributed by atoms with E-state index in [-0.39, 0.29) is 32.4 Å². The third-order valence-electron chi connectivity index (χ3n) is 1.30. The Labute approximate surface area is 87.4 Å². The maximum Gasteiger partial charge on any atom is 0.416 e. The van der Waals surface area contributed by atoms with Crippen molar-refractivity contribution in [1.29, 1.82) is 0 Å². The molecule has 0 heterocycles. The van der Waals surface area contributed by atoms with E-state index in [4.69, 9.17) is 11.5 Å². The van der Waals surface area contributed by atoms with E-state index < -0.39 is 11.7 Å². The van der Waals surface area contributed by atoms with Gasteiger partial charge in [0.25, 0.3) is 0 Å². The van der Waals surface area contributed by atoms with Crippen molar-refractivity contribution in [3.63, 3.8) is 0 Å². The summed E-state index contributed by atoms with van der Waals surface area (Å²) in [4.78, 5) is 0. The zero-order valence-electron chi connectivity index (χ0n) is 6.34. The molecule has 76 valence electrons. The third kappa shape index (κ3) is 3.26. The average molecular weight is 371 g/mol. The van der Waals surface area contributed by atoms with Crippen LogP contribution in [0.2, 0.25) is 0 Å². The largest absolute Gasteiger partial charge is 0.416 e. The monoisotopic (exact) mass is 371 g/mol. The van der Waals surface area contributed by atoms with Crippen molar-refractivity contribution < 1.29 is 34.2 Å². The average Bonchev–Trinajstić information content (AvgIpc) is 1.82. The maximum atomic E-state index is 12.0. The molecule has 0 unspecified atom stereocenters. The summed E-state index contributed by atoms with van der Waals surface area (Å²) in [6.45, 7) is 0. The van der Waals surface area contributed by atoms with Gasteiger partial charge in [0.1, 0.15) is 0 Å². The van der Waals surface area contributed by atoms with Gasteiger partial charge in [0.05, 0.1) is 5.56 Å². The van der Waals surface area contributed by atoms with Gasteiger partial charge in [0.2, 0.25) is 0 Å². The minimum absolute atomic E-state index is 0. The standard InChI is InChI=1S/C7H7F3N2.Pt/c8-7(9,10)4-1-5(11)3-6(12)2-4;/h1-3H,11-12H2;. The van der Waals surface area contributed by atoms with Crippen molar-refractivity contribution in [2.24, 2.45) is 0 Å². The molecule has 1 aromatic carbocycles. The summed E-state index contributed by atoms with van der Waals surface area (Å²) in [6.07, 6.45) is -4.39. The molecule has 6 heteroatoms. The Morgan fingerprint density at radius 3 is 1.62 bits per heavy atom. The summed E-state index contributed by atoms with van der Waals surface area (Å²) in [5.74, 6) is 0. The molecule has 0 saturated carbocycles. The molecule has 0 spiro atoms. The van der Waals surface area contributed by atoms with Crippen LogP contribution in [-0.4, -0.2) is 0 Å². The number of alkyl halides is 3. The minimum Gasteiger partial charge on any atom is -0.399 e. The van der Waals surface area contributed by atoms with Crippen LogP contribution in [0, 0.1) is 0 Å². The van der Waals surface area contributed by atoms with E-state index in [2.05, 4.69) is 0 Å². The topological polar surface area (TPSA) is 52.0 Å². The van der Waals surface area contributed by atoms with Crippen molar-refractivity contribution in [2.75, 3.05) is 11.5 Å². The van der Waals surface area contributed by atoms with Crippen LogP contribution >= 0.6 is 0 Å². The normalized spacial score (nSPS) is 10.7.